The lowest BCUT2D eigenvalue weighted by Gasteiger charge is -2.05. The summed E-state index contributed by atoms with van der Waals surface area (Å²) in [6.45, 7) is 2.14. The Morgan fingerprint density at radius 2 is 1.89 bits per heavy atom. The maximum atomic E-state index is 10.0. The molecule has 2 rings (SSSR count). The van der Waals surface area contributed by atoms with Crippen LogP contribution in [-0.4, -0.2) is 5.11 Å². The van der Waals surface area contributed by atoms with Gasteiger partial charge in [-0.05, 0) is 28.8 Å². The maximum Gasteiger partial charge on any atom is 0.140 e. The van der Waals surface area contributed by atoms with E-state index in [9.17, 15) is 5.11 Å². The van der Waals surface area contributed by atoms with Crippen LogP contribution in [0.1, 0.15) is 37.9 Å². The van der Waals surface area contributed by atoms with E-state index in [-0.39, 0.29) is 0 Å². The summed E-state index contributed by atoms with van der Waals surface area (Å²) >= 11 is 0. The van der Waals surface area contributed by atoms with Crippen LogP contribution in [0.25, 0.3) is 10.8 Å². The van der Waals surface area contributed by atoms with Gasteiger partial charge in [-0.15, -0.1) is 5.92 Å². The Bertz CT molecular complexity index is 575. The highest BCUT2D eigenvalue weighted by molar-refractivity contribution is 5.83. The monoisotopic (exact) mass is 238 g/mol. The van der Waals surface area contributed by atoms with Gasteiger partial charge in [0.05, 0.1) is 0 Å². The second-order valence-corrected chi connectivity index (χ2v) is 4.43. The van der Waals surface area contributed by atoms with E-state index in [1.54, 1.807) is 0 Å². The molecule has 1 N–H and O–H groups in total. The van der Waals surface area contributed by atoms with Gasteiger partial charge in [0.2, 0.25) is 0 Å². The zero-order valence-corrected chi connectivity index (χ0v) is 10.7. The summed E-state index contributed by atoms with van der Waals surface area (Å²) in [6, 6.07) is 14.1. The number of aliphatic hydroxyl groups is 1. The Kier molecular flexibility index (Phi) is 4.39. The van der Waals surface area contributed by atoms with Crippen molar-refractivity contribution in [2.75, 3.05) is 0 Å². The number of hydrogen-bond donors (Lipinski definition) is 1. The van der Waals surface area contributed by atoms with Crippen LogP contribution in [0, 0.1) is 11.8 Å². The average Bonchev–Trinajstić information content (AvgIpc) is 2.43. The van der Waals surface area contributed by atoms with Crippen molar-refractivity contribution in [1.29, 1.82) is 0 Å². The topological polar surface area (TPSA) is 20.2 Å². The van der Waals surface area contributed by atoms with Crippen molar-refractivity contribution >= 4 is 10.8 Å². The van der Waals surface area contributed by atoms with E-state index in [1.165, 1.54) is 5.39 Å². The molecule has 0 amide bonds. The second kappa shape index (κ2) is 6.23. The summed E-state index contributed by atoms with van der Waals surface area (Å²) in [5, 5.41) is 12.3. The van der Waals surface area contributed by atoms with E-state index in [0.717, 1.165) is 30.2 Å². The molecule has 0 aromatic heterocycles. The number of fused-ring (bicyclic) bond motifs is 1. The first-order valence-corrected chi connectivity index (χ1v) is 6.46. The van der Waals surface area contributed by atoms with Crippen molar-refractivity contribution in [3.8, 4) is 11.8 Å². The molecule has 1 unspecified atom stereocenters. The first kappa shape index (κ1) is 12.7. The molecule has 0 heterocycles. The van der Waals surface area contributed by atoms with Crippen LogP contribution in [0.5, 0.6) is 0 Å². The highest BCUT2D eigenvalue weighted by Gasteiger charge is 2.03. The third kappa shape index (κ3) is 3.12. The smallest absolute Gasteiger partial charge is 0.140 e. The quantitative estimate of drug-likeness (QED) is 0.631. The van der Waals surface area contributed by atoms with Crippen molar-refractivity contribution in [1.82, 2.24) is 0 Å². The fourth-order valence-corrected chi connectivity index (χ4v) is 1.90. The molecule has 0 bridgehead atoms. The number of unbranched alkanes of at least 4 members (excludes halogenated alkanes) is 2. The lowest BCUT2D eigenvalue weighted by Crippen LogP contribution is -1.93. The largest absolute Gasteiger partial charge is 0.376 e. The van der Waals surface area contributed by atoms with Gasteiger partial charge in [-0.3, -0.25) is 0 Å². The SMILES string of the molecule is CCCCC#CC(O)c1ccc2ccccc2c1. The van der Waals surface area contributed by atoms with Gasteiger partial charge in [0, 0.05) is 6.42 Å². The maximum absolute atomic E-state index is 10.0. The Labute approximate surface area is 108 Å². The van der Waals surface area contributed by atoms with E-state index in [0.29, 0.717) is 0 Å². The first-order chi connectivity index (χ1) is 8.81. The first-order valence-electron chi connectivity index (χ1n) is 6.46. The molecule has 92 valence electrons. The minimum atomic E-state index is -0.675. The van der Waals surface area contributed by atoms with Gasteiger partial charge < -0.3 is 5.11 Å². The molecule has 0 spiro atoms. The number of rotatable bonds is 3. The van der Waals surface area contributed by atoms with E-state index < -0.39 is 6.10 Å². The molecule has 0 aliphatic rings. The van der Waals surface area contributed by atoms with Crippen LogP contribution >= 0.6 is 0 Å². The Hall–Kier alpha value is -1.78. The summed E-state index contributed by atoms with van der Waals surface area (Å²) < 4.78 is 0. The summed E-state index contributed by atoms with van der Waals surface area (Å²) in [5.74, 6) is 5.94. The van der Waals surface area contributed by atoms with Gasteiger partial charge >= 0.3 is 0 Å². The summed E-state index contributed by atoms with van der Waals surface area (Å²) in [6.07, 6.45) is 2.42. The number of benzene rings is 2. The third-order valence-corrected chi connectivity index (χ3v) is 2.98. The minimum Gasteiger partial charge on any atom is -0.376 e. The van der Waals surface area contributed by atoms with Crippen LogP contribution in [-0.2, 0) is 0 Å². The van der Waals surface area contributed by atoms with Crippen molar-refractivity contribution in [2.24, 2.45) is 0 Å². The molecule has 0 aliphatic heterocycles. The molecular weight excluding hydrogens is 220 g/mol. The molecule has 2 aromatic rings. The highest BCUT2D eigenvalue weighted by atomic mass is 16.3. The zero-order valence-electron chi connectivity index (χ0n) is 10.7. The number of hydrogen-bond acceptors (Lipinski definition) is 1. The van der Waals surface area contributed by atoms with Crippen molar-refractivity contribution in [2.45, 2.75) is 32.3 Å². The van der Waals surface area contributed by atoms with Gasteiger partial charge in [0.25, 0.3) is 0 Å². The van der Waals surface area contributed by atoms with Gasteiger partial charge in [0.15, 0.2) is 0 Å². The van der Waals surface area contributed by atoms with Crippen molar-refractivity contribution in [3.63, 3.8) is 0 Å². The highest BCUT2D eigenvalue weighted by Crippen LogP contribution is 2.19. The van der Waals surface area contributed by atoms with Crippen LogP contribution < -0.4 is 0 Å². The molecule has 2 aromatic carbocycles. The molecule has 18 heavy (non-hydrogen) atoms. The average molecular weight is 238 g/mol. The standard InChI is InChI=1S/C17H18O/c1-2-3-4-5-10-17(18)16-12-11-14-8-6-7-9-15(14)13-16/h6-9,11-13,17-18H,2-4H2,1H3. The molecule has 0 radical (unpaired) electrons. The minimum absolute atomic E-state index is 0.675. The predicted molar refractivity (Wildman–Crippen MR) is 76.2 cm³/mol. The second-order valence-electron chi connectivity index (χ2n) is 4.43. The summed E-state index contributed by atoms with van der Waals surface area (Å²) in [4.78, 5) is 0. The van der Waals surface area contributed by atoms with E-state index in [4.69, 9.17) is 0 Å². The molecule has 0 aliphatic carbocycles. The molecule has 1 heteroatoms. The molecule has 1 atom stereocenters. The van der Waals surface area contributed by atoms with Crippen LogP contribution in [0.4, 0.5) is 0 Å². The van der Waals surface area contributed by atoms with Crippen molar-refractivity contribution in [3.05, 3.63) is 48.0 Å². The lowest BCUT2D eigenvalue weighted by atomic mass is 10.0. The van der Waals surface area contributed by atoms with E-state index in [1.807, 2.05) is 30.3 Å². The fourth-order valence-electron chi connectivity index (χ4n) is 1.90. The van der Waals surface area contributed by atoms with Gasteiger partial charge in [-0.1, -0.05) is 55.7 Å². The van der Waals surface area contributed by atoms with Crippen LogP contribution in [0.2, 0.25) is 0 Å². The van der Waals surface area contributed by atoms with Gasteiger partial charge in [-0.25, -0.2) is 0 Å². The van der Waals surface area contributed by atoms with E-state index >= 15 is 0 Å². The van der Waals surface area contributed by atoms with Crippen molar-refractivity contribution < 1.29 is 5.11 Å². The van der Waals surface area contributed by atoms with Crippen LogP contribution in [0.15, 0.2) is 42.5 Å². The van der Waals surface area contributed by atoms with Crippen LogP contribution in [0.3, 0.4) is 0 Å². The fraction of sp³-hybridized carbons (Fsp3) is 0.294. The third-order valence-electron chi connectivity index (χ3n) is 2.98. The molecule has 0 fully saturated rings. The Balaban J connectivity index is 2.16. The predicted octanol–water partition coefficient (Wildman–Crippen LogP) is 4.07. The van der Waals surface area contributed by atoms with Gasteiger partial charge in [0.1, 0.15) is 6.10 Å². The molecule has 0 saturated carbocycles. The molecule has 0 saturated heterocycles. The summed E-state index contributed by atoms with van der Waals surface area (Å²) in [7, 11) is 0. The summed E-state index contributed by atoms with van der Waals surface area (Å²) in [5.41, 5.74) is 0.873. The molecular formula is C17H18O. The zero-order chi connectivity index (χ0) is 12.8. The number of aliphatic hydroxyl groups excluding tert-OH is 1. The molecule has 1 nitrogen and oxygen atoms in total. The lowest BCUT2D eigenvalue weighted by molar-refractivity contribution is 0.238. The Morgan fingerprint density at radius 1 is 1.11 bits per heavy atom. The normalized spacial score (nSPS) is 11.9. The Morgan fingerprint density at radius 3 is 2.67 bits per heavy atom. The van der Waals surface area contributed by atoms with E-state index in [2.05, 4.69) is 30.9 Å². The van der Waals surface area contributed by atoms with Gasteiger partial charge in [-0.2, -0.15) is 0 Å².